The zero-order valence-corrected chi connectivity index (χ0v) is 15.2. The number of hydrogen-bond donors (Lipinski definition) is 2. The molecule has 0 atom stereocenters. The molecule has 0 spiro atoms. The Morgan fingerprint density at radius 1 is 1.29 bits per heavy atom. The highest BCUT2D eigenvalue weighted by Gasteiger charge is 2.39. The predicted octanol–water partition coefficient (Wildman–Crippen LogP) is 2.71. The van der Waals surface area contributed by atoms with E-state index >= 15 is 0 Å². The average molecular weight is 316 g/mol. The normalized spacial score (nSPS) is 12.0. The van der Waals surface area contributed by atoms with Crippen LogP contribution in [0.3, 0.4) is 0 Å². The number of carbonyl (C=O) groups is 1. The van der Waals surface area contributed by atoms with Gasteiger partial charge in [0.15, 0.2) is 0 Å². The number of carbonyl (C=O) groups excluding carboxylic acids is 1. The molecule has 1 amide bonds. The second-order valence-corrected chi connectivity index (χ2v) is 6.57. The molecule has 0 aliphatic rings. The maximum atomic E-state index is 12.6. The third-order valence-electron chi connectivity index (χ3n) is 4.11. The summed E-state index contributed by atoms with van der Waals surface area (Å²) in [5.74, 6) is 0.00546. The van der Waals surface area contributed by atoms with Crippen LogP contribution in [0.1, 0.15) is 59.8 Å². The number of amides is 1. The van der Waals surface area contributed by atoms with E-state index in [-0.39, 0.29) is 5.91 Å². The van der Waals surface area contributed by atoms with Gasteiger partial charge in [0.1, 0.15) is 0 Å². The summed E-state index contributed by atoms with van der Waals surface area (Å²) in [4.78, 5) is 15.2. The number of hydrogen-bond acceptors (Lipinski definition) is 3. The first-order valence-corrected chi connectivity index (χ1v) is 8.51. The first-order chi connectivity index (χ1) is 9.81. The maximum Gasteiger partial charge on any atom is 0.233 e. The molecule has 3 N–H and O–H groups in total. The number of nitrogens with one attached hydrogen (secondary N) is 1. The summed E-state index contributed by atoms with van der Waals surface area (Å²) in [6, 6.07) is 0.525. The van der Waals surface area contributed by atoms with Gasteiger partial charge in [0.25, 0.3) is 0 Å². The number of rotatable bonds is 11. The van der Waals surface area contributed by atoms with Gasteiger partial charge in [-0.05, 0) is 46.7 Å². The van der Waals surface area contributed by atoms with E-state index in [1.54, 1.807) is 0 Å². The molecule has 0 saturated carbocycles. The van der Waals surface area contributed by atoms with Crippen LogP contribution in [0.2, 0.25) is 0 Å². The molecule has 0 heterocycles. The van der Waals surface area contributed by atoms with Gasteiger partial charge < -0.3 is 16.0 Å². The quantitative estimate of drug-likeness (QED) is 0.455. The van der Waals surface area contributed by atoms with E-state index in [9.17, 15) is 4.79 Å². The van der Waals surface area contributed by atoms with Crippen molar-refractivity contribution in [3.63, 3.8) is 0 Å². The van der Waals surface area contributed by atoms with Crippen LogP contribution < -0.4 is 11.1 Å². The van der Waals surface area contributed by atoms with Crippen molar-refractivity contribution in [2.75, 3.05) is 20.1 Å². The Morgan fingerprint density at radius 2 is 1.81 bits per heavy atom. The molecule has 0 aromatic heterocycles. The van der Waals surface area contributed by atoms with Crippen LogP contribution in [-0.2, 0) is 4.79 Å². The van der Waals surface area contributed by atoms with Crippen molar-refractivity contribution in [2.24, 2.45) is 11.1 Å². The lowest BCUT2D eigenvalue weighted by Gasteiger charge is -2.31. The summed E-state index contributed by atoms with van der Waals surface area (Å²) in [5.41, 5.74) is 5.24. The molecule has 0 aromatic carbocycles. The van der Waals surface area contributed by atoms with E-state index in [1.807, 2.05) is 0 Å². The second kappa shape index (κ2) is 10.1. The monoisotopic (exact) mass is 315 g/mol. The van der Waals surface area contributed by atoms with Crippen LogP contribution in [0.25, 0.3) is 0 Å². The summed E-state index contributed by atoms with van der Waals surface area (Å²) in [5, 5.41) is 3.04. The zero-order valence-electron chi connectivity index (χ0n) is 14.4. The standard InChI is InChI=1S/C16H33N3OS/c1-6-9-16(10-7-2,14(17)21)15(20)18-11-8-12-19(5)13(3)4/h13H,6-12H2,1-5H3,(H2,17,21)(H,18,20). The van der Waals surface area contributed by atoms with E-state index in [1.165, 1.54) is 0 Å². The van der Waals surface area contributed by atoms with Crippen LogP contribution in [0.5, 0.6) is 0 Å². The minimum absolute atomic E-state index is 0.00546. The molecule has 5 heteroatoms. The maximum absolute atomic E-state index is 12.6. The van der Waals surface area contributed by atoms with Crippen molar-refractivity contribution in [1.29, 1.82) is 0 Å². The van der Waals surface area contributed by atoms with Crippen molar-refractivity contribution in [1.82, 2.24) is 10.2 Å². The van der Waals surface area contributed by atoms with E-state index in [0.717, 1.165) is 38.6 Å². The molecule has 124 valence electrons. The first-order valence-electron chi connectivity index (χ1n) is 8.10. The minimum Gasteiger partial charge on any atom is -0.392 e. The summed E-state index contributed by atoms with van der Waals surface area (Å²) < 4.78 is 0. The van der Waals surface area contributed by atoms with E-state index in [2.05, 4.69) is 45.0 Å². The molecular formula is C16H33N3OS. The molecule has 0 saturated heterocycles. The summed E-state index contributed by atoms with van der Waals surface area (Å²) >= 11 is 5.20. The Morgan fingerprint density at radius 3 is 2.19 bits per heavy atom. The Labute approximate surface area is 135 Å². The van der Waals surface area contributed by atoms with Crippen molar-refractivity contribution >= 4 is 23.1 Å². The van der Waals surface area contributed by atoms with Crippen LogP contribution in [0.15, 0.2) is 0 Å². The number of thiocarbonyl (C=S) groups is 1. The van der Waals surface area contributed by atoms with Crippen molar-refractivity contribution in [2.45, 2.75) is 65.8 Å². The minimum atomic E-state index is -0.664. The van der Waals surface area contributed by atoms with Gasteiger partial charge in [-0.1, -0.05) is 38.9 Å². The van der Waals surface area contributed by atoms with Crippen LogP contribution in [0, 0.1) is 5.41 Å². The first kappa shape index (κ1) is 20.3. The van der Waals surface area contributed by atoms with Gasteiger partial charge in [-0.2, -0.15) is 0 Å². The largest absolute Gasteiger partial charge is 0.392 e. The van der Waals surface area contributed by atoms with Crippen molar-refractivity contribution in [3.8, 4) is 0 Å². The van der Waals surface area contributed by atoms with Gasteiger partial charge in [0.2, 0.25) is 5.91 Å². The average Bonchev–Trinajstić information content (AvgIpc) is 2.42. The molecule has 4 nitrogen and oxygen atoms in total. The molecule has 0 aliphatic carbocycles. The Bertz CT molecular complexity index is 325. The fourth-order valence-electron chi connectivity index (χ4n) is 2.52. The smallest absolute Gasteiger partial charge is 0.233 e. The van der Waals surface area contributed by atoms with Crippen LogP contribution in [0.4, 0.5) is 0 Å². The van der Waals surface area contributed by atoms with Crippen molar-refractivity contribution < 1.29 is 4.79 Å². The molecular weight excluding hydrogens is 282 g/mol. The Hall–Kier alpha value is -0.680. The second-order valence-electron chi connectivity index (χ2n) is 6.13. The zero-order chi connectivity index (χ0) is 16.5. The molecule has 0 aromatic rings. The molecule has 0 bridgehead atoms. The molecule has 0 unspecified atom stereocenters. The molecule has 21 heavy (non-hydrogen) atoms. The van der Waals surface area contributed by atoms with Crippen LogP contribution in [-0.4, -0.2) is 42.0 Å². The summed E-state index contributed by atoms with van der Waals surface area (Å²) in [6.45, 7) is 10.1. The summed E-state index contributed by atoms with van der Waals surface area (Å²) in [7, 11) is 2.10. The van der Waals surface area contributed by atoms with Crippen LogP contribution >= 0.6 is 12.2 Å². The lowest BCUT2D eigenvalue weighted by molar-refractivity contribution is -0.128. The van der Waals surface area contributed by atoms with Gasteiger partial charge in [-0.25, -0.2) is 0 Å². The van der Waals surface area contributed by atoms with Crippen molar-refractivity contribution in [3.05, 3.63) is 0 Å². The molecule has 0 rings (SSSR count). The van der Waals surface area contributed by atoms with Gasteiger partial charge in [-0.15, -0.1) is 0 Å². The van der Waals surface area contributed by atoms with E-state index < -0.39 is 5.41 Å². The predicted molar refractivity (Wildman–Crippen MR) is 94.4 cm³/mol. The Balaban J connectivity index is 4.51. The molecule has 0 radical (unpaired) electrons. The van der Waals surface area contributed by atoms with Gasteiger partial charge in [-0.3, -0.25) is 4.79 Å². The number of nitrogens with two attached hydrogens (primary N) is 1. The highest BCUT2D eigenvalue weighted by Crippen LogP contribution is 2.30. The number of nitrogens with zero attached hydrogens (tertiary/aromatic N) is 1. The lowest BCUT2D eigenvalue weighted by Crippen LogP contribution is -2.49. The summed E-state index contributed by atoms with van der Waals surface area (Å²) in [6.07, 6.45) is 4.20. The topological polar surface area (TPSA) is 58.4 Å². The van der Waals surface area contributed by atoms with Gasteiger partial charge in [0.05, 0.1) is 10.4 Å². The van der Waals surface area contributed by atoms with Gasteiger partial charge in [0, 0.05) is 12.6 Å². The fourth-order valence-corrected chi connectivity index (χ4v) is 2.82. The SMILES string of the molecule is CCCC(CCC)(C(=O)NCCCN(C)C(C)C)C(N)=S. The van der Waals surface area contributed by atoms with E-state index in [4.69, 9.17) is 18.0 Å². The lowest BCUT2D eigenvalue weighted by atomic mass is 9.78. The highest BCUT2D eigenvalue weighted by atomic mass is 32.1. The highest BCUT2D eigenvalue weighted by molar-refractivity contribution is 7.80. The molecule has 0 aliphatic heterocycles. The Kier molecular flexibility index (Phi) is 9.79. The third kappa shape index (κ3) is 6.30. The van der Waals surface area contributed by atoms with Gasteiger partial charge >= 0.3 is 0 Å². The fraction of sp³-hybridized carbons (Fsp3) is 0.875. The van der Waals surface area contributed by atoms with E-state index in [0.29, 0.717) is 17.6 Å². The third-order valence-corrected chi connectivity index (χ3v) is 4.51. The molecule has 0 fully saturated rings.